The molecule has 1 aliphatic heterocycles. The number of imidazole rings is 1. The summed E-state index contributed by atoms with van der Waals surface area (Å²) in [5.74, 6) is -1.04. The van der Waals surface area contributed by atoms with E-state index in [1.54, 1.807) is 35.7 Å². The smallest absolute Gasteiger partial charge is 0.295 e. The predicted octanol–water partition coefficient (Wildman–Crippen LogP) is 4.87. The number of carbonyl (C=O) groups is 2. The van der Waals surface area contributed by atoms with Gasteiger partial charge < -0.3 is 14.7 Å². The third-order valence-electron chi connectivity index (χ3n) is 6.49. The van der Waals surface area contributed by atoms with Gasteiger partial charge in [-0.25, -0.2) is 4.98 Å². The number of aromatic nitrogens is 2. The molecule has 1 atom stereocenters. The number of fused-ring (bicyclic) bond motifs is 1. The van der Waals surface area contributed by atoms with Crippen LogP contribution in [0.4, 0.5) is 0 Å². The van der Waals surface area contributed by atoms with E-state index < -0.39 is 17.7 Å². The Kier molecular flexibility index (Phi) is 6.60. The minimum atomic E-state index is -0.787. The second kappa shape index (κ2) is 10.1. The molecule has 2 aromatic carbocycles. The third-order valence-corrected chi connectivity index (χ3v) is 6.49. The van der Waals surface area contributed by atoms with Crippen molar-refractivity contribution in [3.8, 4) is 5.75 Å². The van der Waals surface area contributed by atoms with Gasteiger partial charge in [0.25, 0.3) is 11.7 Å². The standard InChI is InChI=1S/C30H27N3O4/c1-3-18-37-23-13-9-12-22(19-23)27-25(28(34)26-20(2)31-24-14-7-8-16-32(24)26)29(35)30(36)33(27)17-15-21-10-5-4-6-11-21/h3-14,16,19,27,34H,1,15,17-18H2,2H3. The lowest BCUT2D eigenvalue weighted by molar-refractivity contribution is -0.139. The fourth-order valence-corrected chi connectivity index (χ4v) is 4.81. The van der Waals surface area contributed by atoms with Crippen LogP contribution in [-0.2, 0) is 16.0 Å². The summed E-state index contributed by atoms with van der Waals surface area (Å²) in [6, 6.07) is 21.7. The summed E-state index contributed by atoms with van der Waals surface area (Å²) in [7, 11) is 0. The number of hydrogen-bond acceptors (Lipinski definition) is 5. The molecule has 3 heterocycles. The summed E-state index contributed by atoms with van der Waals surface area (Å²) in [5.41, 5.74) is 3.33. The zero-order valence-electron chi connectivity index (χ0n) is 20.5. The second-order valence-corrected chi connectivity index (χ2v) is 8.87. The van der Waals surface area contributed by atoms with Crippen molar-refractivity contribution in [1.29, 1.82) is 0 Å². The van der Waals surface area contributed by atoms with Crippen LogP contribution >= 0.6 is 0 Å². The number of nitrogens with zero attached hydrogens (tertiary/aromatic N) is 3. The van der Waals surface area contributed by atoms with Crippen molar-refractivity contribution in [2.24, 2.45) is 0 Å². The third kappa shape index (κ3) is 4.51. The zero-order valence-corrected chi connectivity index (χ0v) is 20.5. The molecule has 1 saturated heterocycles. The first kappa shape index (κ1) is 24.1. The fourth-order valence-electron chi connectivity index (χ4n) is 4.81. The van der Waals surface area contributed by atoms with Crippen molar-refractivity contribution in [3.05, 3.63) is 120 Å². The molecular weight excluding hydrogens is 466 g/mol. The van der Waals surface area contributed by atoms with E-state index in [-0.39, 0.29) is 11.3 Å². The number of Topliss-reactive ketones (excluding diaryl/α,β-unsaturated/α-hetero) is 1. The van der Waals surface area contributed by atoms with Crippen LogP contribution in [0, 0.1) is 6.92 Å². The van der Waals surface area contributed by atoms with E-state index >= 15 is 0 Å². The van der Waals surface area contributed by atoms with Gasteiger partial charge in [0.05, 0.1) is 17.3 Å². The Labute approximate surface area is 215 Å². The van der Waals surface area contributed by atoms with Gasteiger partial charge in [0, 0.05) is 12.7 Å². The fraction of sp³-hybridized carbons (Fsp3) is 0.167. The van der Waals surface area contributed by atoms with Crippen LogP contribution in [0.25, 0.3) is 11.4 Å². The largest absolute Gasteiger partial charge is 0.505 e. The molecule has 1 amide bonds. The monoisotopic (exact) mass is 493 g/mol. The van der Waals surface area contributed by atoms with Crippen molar-refractivity contribution in [2.75, 3.05) is 13.2 Å². The molecule has 7 heteroatoms. The average molecular weight is 494 g/mol. The van der Waals surface area contributed by atoms with E-state index in [0.29, 0.717) is 47.9 Å². The summed E-state index contributed by atoms with van der Waals surface area (Å²) in [6.07, 6.45) is 3.98. The molecule has 1 unspecified atom stereocenters. The minimum absolute atomic E-state index is 0.0349. The second-order valence-electron chi connectivity index (χ2n) is 8.87. The summed E-state index contributed by atoms with van der Waals surface area (Å²) >= 11 is 0. The van der Waals surface area contributed by atoms with Crippen LogP contribution in [0.15, 0.2) is 97.2 Å². The van der Waals surface area contributed by atoms with Gasteiger partial charge >= 0.3 is 0 Å². The molecule has 186 valence electrons. The van der Waals surface area contributed by atoms with Crippen LogP contribution in [0.1, 0.15) is 28.6 Å². The molecule has 5 rings (SSSR count). The van der Waals surface area contributed by atoms with Gasteiger partial charge in [0.2, 0.25) is 0 Å². The number of aryl methyl sites for hydroxylation is 1. The molecule has 1 fully saturated rings. The lowest BCUT2D eigenvalue weighted by Gasteiger charge is -2.25. The topological polar surface area (TPSA) is 84.1 Å². The lowest BCUT2D eigenvalue weighted by Crippen LogP contribution is -2.31. The van der Waals surface area contributed by atoms with E-state index in [4.69, 9.17) is 4.74 Å². The highest BCUT2D eigenvalue weighted by Gasteiger charge is 2.46. The highest BCUT2D eigenvalue weighted by atomic mass is 16.5. The highest BCUT2D eigenvalue weighted by molar-refractivity contribution is 6.46. The minimum Gasteiger partial charge on any atom is -0.505 e. The summed E-state index contributed by atoms with van der Waals surface area (Å²) in [4.78, 5) is 32.9. The Bertz CT molecular complexity index is 1520. The highest BCUT2D eigenvalue weighted by Crippen LogP contribution is 2.40. The maximum absolute atomic E-state index is 13.5. The number of likely N-dealkylation sites (tertiary alicyclic amines) is 1. The number of carbonyl (C=O) groups excluding carboxylic acids is 2. The van der Waals surface area contributed by atoms with Crippen LogP contribution in [-0.4, -0.2) is 44.2 Å². The predicted molar refractivity (Wildman–Crippen MR) is 141 cm³/mol. The molecule has 4 aromatic rings. The number of aliphatic hydroxyl groups is 1. The first-order chi connectivity index (χ1) is 18.0. The molecule has 0 radical (unpaired) electrons. The quantitative estimate of drug-likeness (QED) is 0.164. The number of hydrogen-bond donors (Lipinski definition) is 1. The van der Waals surface area contributed by atoms with Crippen molar-refractivity contribution < 1.29 is 19.4 Å². The van der Waals surface area contributed by atoms with Gasteiger partial charge in [0.1, 0.15) is 23.7 Å². The molecule has 0 bridgehead atoms. The average Bonchev–Trinajstić information content (AvgIpc) is 3.39. The van der Waals surface area contributed by atoms with Gasteiger partial charge in [0.15, 0.2) is 5.76 Å². The summed E-state index contributed by atoms with van der Waals surface area (Å²) in [5, 5.41) is 11.6. The number of amides is 1. The van der Waals surface area contributed by atoms with Gasteiger partial charge in [-0.15, -0.1) is 0 Å². The Balaban J connectivity index is 1.64. The van der Waals surface area contributed by atoms with Gasteiger partial charge in [-0.2, -0.15) is 0 Å². The molecule has 0 spiro atoms. The summed E-state index contributed by atoms with van der Waals surface area (Å²) < 4.78 is 7.44. The number of aliphatic hydroxyl groups excluding tert-OH is 1. The van der Waals surface area contributed by atoms with Crippen LogP contribution < -0.4 is 4.74 Å². The molecule has 7 nitrogen and oxygen atoms in total. The molecule has 2 aromatic heterocycles. The van der Waals surface area contributed by atoms with Crippen LogP contribution in [0.3, 0.4) is 0 Å². The zero-order chi connectivity index (χ0) is 25.9. The number of pyridine rings is 1. The maximum atomic E-state index is 13.5. The van der Waals surface area contributed by atoms with E-state index in [1.165, 1.54) is 4.90 Å². The van der Waals surface area contributed by atoms with Crippen molar-refractivity contribution in [1.82, 2.24) is 14.3 Å². The van der Waals surface area contributed by atoms with Crippen molar-refractivity contribution in [2.45, 2.75) is 19.4 Å². The van der Waals surface area contributed by atoms with Crippen LogP contribution in [0.2, 0.25) is 0 Å². The molecule has 37 heavy (non-hydrogen) atoms. The van der Waals surface area contributed by atoms with Crippen LogP contribution in [0.5, 0.6) is 5.75 Å². The Hall–Kier alpha value is -4.65. The molecule has 0 saturated carbocycles. The van der Waals surface area contributed by atoms with Crippen molar-refractivity contribution in [3.63, 3.8) is 0 Å². The molecule has 0 aliphatic carbocycles. The Morgan fingerprint density at radius 1 is 1.08 bits per heavy atom. The number of ether oxygens (including phenoxy) is 1. The van der Waals surface area contributed by atoms with Gasteiger partial charge in [-0.1, -0.05) is 61.2 Å². The maximum Gasteiger partial charge on any atom is 0.295 e. The molecule has 1 aliphatic rings. The molecule has 1 N–H and O–H groups in total. The number of ketones is 1. The van der Waals surface area contributed by atoms with Crippen molar-refractivity contribution >= 4 is 23.1 Å². The van der Waals surface area contributed by atoms with E-state index in [9.17, 15) is 14.7 Å². The normalized spacial score (nSPS) is 16.9. The van der Waals surface area contributed by atoms with E-state index in [0.717, 1.165) is 5.56 Å². The number of rotatable bonds is 8. The SMILES string of the molecule is C=CCOc1cccc(C2C(=C(O)c3c(C)nc4ccccn34)C(=O)C(=O)N2CCc2ccccc2)c1. The lowest BCUT2D eigenvalue weighted by atomic mass is 9.96. The Morgan fingerprint density at radius 3 is 2.65 bits per heavy atom. The van der Waals surface area contributed by atoms with E-state index in [2.05, 4.69) is 11.6 Å². The summed E-state index contributed by atoms with van der Waals surface area (Å²) in [6.45, 7) is 6.08. The number of benzene rings is 2. The Morgan fingerprint density at radius 2 is 1.86 bits per heavy atom. The van der Waals surface area contributed by atoms with Gasteiger partial charge in [-0.3, -0.25) is 14.0 Å². The first-order valence-electron chi connectivity index (χ1n) is 12.1. The molecular formula is C30H27N3O4. The first-order valence-corrected chi connectivity index (χ1v) is 12.1. The van der Waals surface area contributed by atoms with Gasteiger partial charge in [-0.05, 0) is 48.7 Å². The van der Waals surface area contributed by atoms with E-state index in [1.807, 2.05) is 60.7 Å².